The van der Waals surface area contributed by atoms with Gasteiger partial charge in [0.25, 0.3) is 6.26 Å². The lowest BCUT2D eigenvalue weighted by Crippen LogP contribution is -2.55. The van der Waals surface area contributed by atoms with Gasteiger partial charge in [-0.25, -0.2) is 0 Å². The third-order valence-electron chi connectivity index (χ3n) is 6.33. The van der Waals surface area contributed by atoms with E-state index in [1.807, 2.05) is 25.7 Å². The van der Waals surface area contributed by atoms with Gasteiger partial charge in [-0.05, 0) is 24.6 Å². The Morgan fingerprint density at radius 3 is 2.39 bits per heavy atom. The maximum absolute atomic E-state index is 10.5. The lowest BCUT2D eigenvalue weighted by Gasteiger charge is -2.37. The van der Waals surface area contributed by atoms with Gasteiger partial charge in [-0.1, -0.05) is 84.5 Å². The smallest absolute Gasteiger partial charge is 0.286 e. The van der Waals surface area contributed by atoms with Crippen molar-refractivity contribution in [2.75, 3.05) is 26.8 Å². The number of aliphatic hydroxyl groups is 2. The summed E-state index contributed by atoms with van der Waals surface area (Å²) < 4.78 is 9.99. The van der Waals surface area contributed by atoms with Crippen LogP contribution in [0.5, 0.6) is 0 Å². The zero-order valence-electron chi connectivity index (χ0n) is 24.2. The van der Waals surface area contributed by atoms with E-state index < -0.39 is 18.5 Å². The van der Waals surface area contributed by atoms with Crippen LogP contribution in [0.1, 0.15) is 79.1 Å². The number of rotatable bonds is 12. The molecule has 38 heavy (non-hydrogen) atoms. The Morgan fingerprint density at radius 2 is 1.84 bits per heavy atom. The van der Waals surface area contributed by atoms with Crippen LogP contribution in [0.4, 0.5) is 0 Å². The summed E-state index contributed by atoms with van der Waals surface area (Å²) in [4.78, 5) is 1.84. The van der Waals surface area contributed by atoms with Crippen molar-refractivity contribution >= 4 is 0 Å². The second-order valence-corrected chi connectivity index (χ2v) is 10.0. The van der Waals surface area contributed by atoms with Gasteiger partial charge in [-0.2, -0.15) is 5.26 Å². The molecule has 5 atom stereocenters. The van der Waals surface area contributed by atoms with Crippen molar-refractivity contribution in [2.45, 2.75) is 116 Å². The Kier molecular flexibility index (Phi) is 21.9. The third-order valence-corrected chi connectivity index (χ3v) is 6.33. The lowest BCUT2D eigenvalue weighted by molar-refractivity contribution is -0.0619. The van der Waals surface area contributed by atoms with Crippen molar-refractivity contribution in [1.82, 2.24) is 10.2 Å². The molecule has 218 valence electrons. The molecule has 0 radical (unpaired) electrons. The number of nitrogens with one attached hydrogen (secondary N) is 1. The van der Waals surface area contributed by atoms with Crippen LogP contribution in [0.25, 0.3) is 0 Å². The summed E-state index contributed by atoms with van der Waals surface area (Å²) in [6.45, 7) is 8.64. The van der Waals surface area contributed by atoms with Crippen LogP contribution >= 0.6 is 0 Å². The predicted octanol–water partition coefficient (Wildman–Crippen LogP) is 2.58. The van der Waals surface area contributed by atoms with E-state index in [2.05, 4.69) is 34.5 Å². The highest BCUT2D eigenvalue weighted by Gasteiger charge is 2.30. The molecular formula is C29H53N5O4. The third kappa shape index (κ3) is 16.8. The minimum Gasteiger partial charge on any atom is -0.426 e. The highest BCUT2D eigenvalue weighted by molar-refractivity contribution is 5.19. The molecule has 5 unspecified atom stereocenters. The van der Waals surface area contributed by atoms with Gasteiger partial charge in [0.05, 0.1) is 18.2 Å². The molecule has 0 bridgehead atoms. The summed E-state index contributed by atoms with van der Waals surface area (Å²) in [6, 6.07) is -0.609. The van der Waals surface area contributed by atoms with Gasteiger partial charge in [0.1, 0.15) is 19.1 Å². The van der Waals surface area contributed by atoms with E-state index in [1.54, 1.807) is 19.3 Å². The molecule has 2 rings (SSSR count). The normalized spacial score (nSPS) is 21.3. The van der Waals surface area contributed by atoms with Crippen LogP contribution in [-0.4, -0.2) is 78.6 Å². The summed E-state index contributed by atoms with van der Waals surface area (Å²) in [7, 11) is 1.60. The molecule has 2 aliphatic carbocycles. The van der Waals surface area contributed by atoms with E-state index >= 15 is 0 Å². The van der Waals surface area contributed by atoms with Gasteiger partial charge in [-0.3, -0.25) is 10.2 Å². The van der Waals surface area contributed by atoms with Crippen molar-refractivity contribution < 1.29 is 19.7 Å². The molecule has 0 aromatic carbocycles. The molecule has 2 aliphatic rings. The van der Waals surface area contributed by atoms with Crippen molar-refractivity contribution in [3.05, 3.63) is 17.9 Å². The van der Waals surface area contributed by atoms with E-state index in [1.165, 1.54) is 51.2 Å². The summed E-state index contributed by atoms with van der Waals surface area (Å²) >= 11 is 0. The number of nitriles is 1. The second-order valence-electron chi connectivity index (χ2n) is 10.0. The topological polar surface area (TPSA) is 150 Å². The zero-order chi connectivity index (χ0) is 28.8. The van der Waals surface area contributed by atoms with E-state index in [4.69, 9.17) is 21.5 Å². The maximum atomic E-state index is 10.5. The highest BCUT2D eigenvalue weighted by atomic mass is 16.5. The Morgan fingerprint density at radius 1 is 1.18 bits per heavy atom. The molecule has 0 aliphatic heterocycles. The predicted molar refractivity (Wildman–Crippen MR) is 152 cm³/mol. The largest absolute Gasteiger partial charge is 0.426 e. The van der Waals surface area contributed by atoms with Gasteiger partial charge in [0, 0.05) is 26.2 Å². The van der Waals surface area contributed by atoms with Crippen LogP contribution in [0.15, 0.2) is 17.9 Å². The summed E-state index contributed by atoms with van der Waals surface area (Å²) in [6.07, 6.45) is 13.6. The van der Waals surface area contributed by atoms with E-state index in [-0.39, 0.29) is 25.3 Å². The van der Waals surface area contributed by atoms with Crippen molar-refractivity contribution in [2.24, 2.45) is 17.4 Å². The first-order valence-electron chi connectivity index (χ1n) is 14.0. The number of aliphatic hydroxyl groups excluding tert-OH is 2. The van der Waals surface area contributed by atoms with Gasteiger partial charge in [0.15, 0.2) is 0 Å². The van der Waals surface area contributed by atoms with Crippen molar-refractivity contribution in [3.8, 4) is 18.1 Å². The number of nitrogens with two attached hydrogens (primary N) is 2. The Balaban J connectivity index is 0.000000859. The van der Waals surface area contributed by atoms with Crippen LogP contribution in [0.2, 0.25) is 0 Å². The van der Waals surface area contributed by atoms with Gasteiger partial charge >= 0.3 is 0 Å². The number of ether oxygens (including phenoxy) is 2. The highest BCUT2D eigenvalue weighted by Crippen LogP contribution is 2.26. The fourth-order valence-electron chi connectivity index (χ4n) is 4.43. The molecule has 1 saturated carbocycles. The molecule has 9 nitrogen and oxygen atoms in total. The van der Waals surface area contributed by atoms with Gasteiger partial charge in [-0.15, -0.1) is 5.73 Å². The summed E-state index contributed by atoms with van der Waals surface area (Å²) in [5, 5.41) is 31.5. The van der Waals surface area contributed by atoms with Crippen molar-refractivity contribution in [1.29, 1.82) is 5.26 Å². The molecule has 7 N–H and O–H groups in total. The molecule has 0 aromatic heterocycles. The number of likely N-dealkylation sites (N-methyl/N-ethyl adjacent to an activating group) is 1. The molecular weight excluding hydrogens is 482 g/mol. The Hall–Kier alpha value is -1.91. The number of hydrogen-bond donors (Lipinski definition) is 5. The second kappa shape index (κ2) is 23.0. The minimum atomic E-state index is -1.11. The quantitative estimate of drug-likeness (QED) is 0.110. The zero-order valence-corrected chi connectivity index (χ0v) is 24.2. The Labute approximate surface area is 231 Å². The SMILES string of the molecule is CC(C)N.CCCC1CCCCC1.CCN(C(O)CNC(O)C(N)COC#N)C1CC#CC=C=CC1OC. The summed E-state index contributed by atoms with van der Waals surface area (Å²) in [5.74, 6) is 6.99. The minimum absolute atomic E-state index is 0.0785. The average molecular weight is 536 g/mol. The molecule has 0 spiro atoms. The number of nitrogens with zero attached hydrogens (tertiary/aromatic N) is 2. The van der Waals surface area contributed by atoms with Gasteiger partial charge < -0.3 is 31.2 Å². The molecule has 0 saturated heterocycles. The fourth-order valence-corrected chi connectivity index (χ4v) is 4.43. The first-order valence-corrected chi connectivity index (χ1v) is 14.0. The standard InChI is InChI=1S/C17H26N4O4.C9H18.C3H9N/c1-3-21(14-8-6-4-5-7-9-15(14)24-2)16(22)10-20-17(23)13(19)11-25-12-18;1-2-6-9-7-4-3-5-8-9;1-3(2)4/h5,9,13-17,20,22-23H,3,8,10-11,19H2,1-2H3;9H,2-8H2,1H3;3H,4H2,1-2H3. The molecule has 0 heterocycles. The lowest BCUT2D eigenvalue weighted by atomic mass is 9.86. The first kappa shape index (κ1) is 36.1. The van der Waals surface area contributed by atoms with Gasteiger partial charge in [0.2, 0.25) is 0 Å². The molecule has 0 amide bonds. The van der Waals surface area contributed by atoms with Crippen LogP contribution < -0.4 is 16.8 Å². The van der Waals surface area contributed by atoms with E-state index in [9.17, 15) is 10.2 Å². The van der Waals surface area contributed by atoms with Crippen LogP contribution in [0.3, 0.4) is 0 Å². The fraction of sp³-hybridized carbons (Fsp3) is 0.793. The monoisotopic (exact) mass is 535 g/mol. The maximum Gasteiger partial charge on any atom is 0.286 e. The molecule has 0 aromatic rings. The molecule has 9 heteroatoms. The summed E-state index contributed by atoms with van der Waals surface area (Å²) in [5.41, 5.74) is 13.7. The average Bonchev–Trinajstić information content (AvgIpc) is 2.88. The first-order chi connectivity index (χ1) is 18.2. The Bertz CT molecular complexity index is 743. The number of hydrogen-bond acceptors (Lipinski definition) is 9. The van der Waals surface area contributed by atoms with Crippen molar-refractivity contribution in [3.63, 3.8) is 0 Å². The molecule has 1 fully saturated rings. The van der Waals surface area contributed by atoms with Crippen LogP contribution in [-0.2, 0) is 9.47 Å². The van der Waals surface area contributed by atoms with Crippen LogP contribution in [0, 0.1) is 29.3 Å². The van der Waals surface area contributed by atoms with E-state index in [0.29, 0.717) is 19.0 Å². The number of methoxy groups -OCH3 is 1. The van der Waals surface area contributed by atoms with E-state index in [0.717, 1.165) is 5.92 Å².